The summed E-state index contributed by atoms with van der Waals surface area (Å²) in [6.45, 7) is 0. The summed E-state index contributed by atoms with van der Waals surface area (Å²) in [5, 5.41) is 0. The van der Waals surface area contributed by atoms with Crippen LogP contribution in [-0.4, -0.2) is 30.0 Å². The zero-order chi connectivity index (χ0) is 13.1. The van der Waals surface area contributed by atoms with Crippen molar-refractivity contribution in [1.29, 1.82) is 0 Å². The molecule has 0 fully saturated rings. The number of hydrogen-bond acceptors (Lipinski definition) is 4. The van der Waals surface area contributed by atoms with Gasteiger partial charge in [0.05, 0.1) is 5.69 Å². The van der Waals surface area contributed by atoms with Gasteiger partial charge < -0.3 is 10.6 Å². The van der Waals surface area contributed by atoms with Crippen LogP contribution in [0.25, 0.3) is 11.3 Å². The first-order chi connectivity index (χ1) is 8.58. The molecule has 0 atom stereocenters. The Balaban J connectivity index is 2.57. The van der Waals surface area contributed by atoms with E-state index < -0.39 is 5.91 Å². The van der Waals surface area contributed by atoms with Crippen molar-refractivity contribution in [2.24, 2.45) is 5.73 Å². The van der Waals surface area contributed by atoms with Crippen molar-refractivity contribution in [3.63, 3.8) is 0 Å². The molecule has 1 amide bonds. The van der Waals surface area contributed by atoms with Crippen LogP contribution in [0.3, 0.4) is 0 Å². The Morgan fingerprint density at radius 3 is 2.39 bits per heavy atom. The Morgan fingerprint density at radius 1 is 1.17 bits per heavy atom. The minimum absolute atomic E-state index is 0.215. The molecule has 0 radical (unpaired) electrons. The number of benzene rings is 1. The van der Waals surface area contributed by atoms with E-state index in [0.717, 1.165) is 5.56 Å². The fourth-order valence-electron chi connectivity index (χ4n) is 1.52. The van der Waals surface area contributed by atoms with Crippen LogP contribution in [0.15, 0.2) is 36.4 Å². The molecule has 0 unspecified atom stereocenters. The summed E-state index contributed by atoms with van der Waals surface area (Å²) in [6.07, 6.45) is 0. The van der Waals surface area contributed by atoms with Gasteiger partial charge >= 0.3 is 0 Å². The molecule has 0 saturated heterocycles. The van der Waals surface area contributed by atoms with Crippen molar-refractivity contribution in [3.8, 4) is 11.3 Å². The molecule has 1 aromatic carbocycles. The molecule has 2 rings (SSSR count). The predicted molar refractivity (Wildman–Crippen MR) is 70.3 cm³/mol. The van der Waals surface area contributed by atoms with Gasteiger partial charge in [0.25, 0.3) is 5.91 Å². The van der Waals surface area contributed by atoms with Crippen LogP contribution in [-0.2, 0) is 0 Å². The van der Waals surface area contributed by atoms with E-state index in [1.165, 1.54) is 0 Å². The average Bonchev–Trinajstić information content (AvgIpc) is 2.39. The third-order valence-electron chi connectivity index (χ3n) is 2.44. The molecule has 18 heavy (non-hydrogen) atoms. The van der Waals surface area contributed by atoms with E-state index in [9.17, 15) is 4.79 Å². The Kier molecular flexibility index (Phi) is 3.23. The molecule has 2 aromatic rings. The van der Waals surface area contributed by atoms with Gasteiger partial charge in [0, 0.05) is 19.7 Å². The van der Waals surface area contributed by atoms with Gasteiger partial charge in [-0.2, -0.15) is 0 Å². The minimum atomic E-state index is -0.558. The van der Waals surface area contributed by atoms with Gasteiger partial charge in [0.1, 0.15) is 5.69 Å². The number of carbonyl (C=O) groups excluding carboxylic acids is 1. The topological polar surface area (TPSA) is 72.1 Å². The lowest BCUT2D eigenvalue weighted by atomic mass is 10.1. The maximum atomic E-state index is 11.3. The number of amides is 1. The van der Waals surface area contributed by atoms with Crippen molar-refractivity contribution in [3.05, 3.63) is 42.1 Å². The second-order valence-electron chi connectivity index (χ2n) is 4.06. The van der Waals surface area contributed by atoms with Gasteiger partial charge in [0.15, 0.2) is 0 Å². The number of anilines is 1. The maximum absolute atomic E-state index is 11.3. The van der Waals surface area contributed by atoms with Gasteiger partial charge in [-0.05, 0) is 6.07 Å². The fourth-order valence-corrected chi connectivity index (χ4v) is 1.52. The highest BCUT2D eigenvalue weighted by molar-refractivity contribution is 5.92. The normalized spacial score (nSPS) is 10.1. The number of aromatic nitrogens is 2. The molecule has 0 aliphatic heterocycles. The predicted octanol–water partition coefficient (Wildman–Crippen LogP) is 1.31. The standard InChI is InChI=1S/C13H14N4O/c1-17(2)13-15-10(8-11(16-13)12(14)18)9-6-4-3-5-7-9/h3-8H,1-2H3,(H2,14,18). The van der Waals surface area contributed by atoms with Crippen LogP contribution in [0.5, 0.6) is 0 Å². The first-order valence-corrected chi connectivity index (χ1v) is 5.49. The molecule has 0 aliphatic carbocycles. The van der Waals surface area contributed by atoms with Gasteiger partial charge in [0.2, 0.25) is 5.95 Å². The number of rotatable bonds is 3. The first kappa shape index (κ1) is 12.0. The lowest BCUT2D eigenvalue weighted by Crippen LogP contribution is -2.19. The molecule has 0 saturated carbocycles. The second kappa shape index (κ2) is 4.83. The van der Waals surface area contributed by atoms with Crippen molar-refractivity contribution in [2.45, 2.75) is 0 Å². The molecule has 1 heterocycles. The molecular weight excluding hydrogens is 228 g/mol. The highest BCUT2D eigenvalue weighted by Crippen LogP contribution is 2.19. The summed E-state index contributed by atoms with van der Waals surface area (Å²) in [5.41, 5.74) is 7.10. The molecule has 0 bridgehead atoms. The van der Waals surface area contributed by atoms with Crippen molar-refractivity contribution >= 4 is 11.9 Å². The molecule has 5 heteroatoms. The Morgan fingerprint density at radius 2 is 1.83 bits per heavy atom. The van der Waals surface area contributed by atoms with Gasteiger partial charge in [-0.25, -0.2) is 9.97 Å². The Hall–Kier alpha value is -2.43. The summed E-state index contributed by atoms with van der Waals surface area (Å²) in [7, 11) is 3.63. The monoisotopic (exact) mass is 242 g/mol. The maximum Gasteiger partial charge on any atom is 0.267 e. The molecule has 1 aromatic heterocycles. The van der Waals surface area contributed by atoms with Gasteiger partial charge in [-0.1, -0.05) is 30.3 Å². The number of nitrogens with zero attached hydrogens (tertiary/aromatic N) is 3. The van der Waals surface area contributed by atoms with Crippen LogP contribution in [0.4, 0.5) is 5.95 Å². The highest BCUT2D eigenvalue weighted by Gasteiger charge is 2.11. The smallest absolute Gasteiger partial charge is 0.267 e. The summed E-state index contributed by atoms with van der Waals surface area (Å²) in [5.74, 6) is -0.0946. The van der Waals surface area contributed by atoms with E-state index in [-0.39, 0.29) is 5.69 Å². The Bertz CT molecular complexity index is 566. The van der Waals surface area contributed by atoms with Crippen LogP contribution in [0.2, 0.25) is 0 Å². The third-order valence-corrected chi connectivity index (χ3v) is 2.44. The lowest BCUT2D eigenvalue weighted by Gasteiger charge is -2.12. The largest absolute Gasteiger partial charge is 0.364 e. The summed E-state index contributed by atoms with van der Waals surface area (Å²) in [4.78, 5) is 21.5. The van der Waals surface area contributed by atoms with E-state index in [1.807, 2.05) is 44.4 Å². The molecule has 92 valence electrons. The zero-order valence-electron chi connectivity index (χ0n) is 10.3. The summed E-state index contributed by atoms with van der Waals surface area (Å²) >= 11 is 0. The highest BCUT2D eigenvalue weighted by atomic mass is 16.1. The number of carbonyl (C=O) groups is 1. The van der Waals surface area contributed by atoms with E-state index >= 15 is 0 Å². The van der Waals surface area contributed by atoms with E-state index in [1.54, 1.807) is 11.0 Å². The van der Waals surface area contributed by atoms with Crippen LogP contribution in [0.1, 0.15) is 10.5 Å². The lowest BCUT2D eigenvalue weighted by molar-refractivity contribution is 0.0995. The minimum Gasteiger partial charge on any atom is -0.364 e. The van der Waals surface area contributed by atoms with E-state index in [0.29, 0.717) is 11.6 Å². The molecule has 5 nitrogen and oxygen atoms in total. The van der Waals surface area contributed by atoms with Crippen molar-refractivity contribution in [2.75, 3.05) is 19.0 Å². The Labute approximate surface area is 105 Å². The third kappa shape index (κ3) is 2.45. The SMILES string of the molecule is CN(C)c1nc(C(N)=O)cc(-c2ccccc2)n1. The first-order valence-electron chi connectivity index (χ1n) is 5.49. The number of primary amides is 1. The van der Waals surface area contributed by atoms with Crippen molar-refractivity contribution in [1.82, 2.24) is 9.97 Å². The van der Waals surface area contributed by atoms with Crippen molar-refractivity contribution < 1.29 is 4.79 Å². The zero-order valence-corrected chi connectivity index (χ0v) is 10.3. The quantitative estimate of drug-likeness (QED) is 0.880. The average molecular weight is 242 g/mol. The number of hydrogen-bond donors (Lipinski definition) is 1. The summed E-state index contributed by atoms with van der Waals surface area (Å²) in [6, 6.07) is 11.2. The summed E-state index contributed by atoms with van der Waals surface area (Å²) < 4.78 is 0. The fraction of sp³-hybridized carbons (Fsp3) is 0.154. The molecule has 0 aliphatic rings. The van der Waals surface area contributed by atoms with Gasteiger partial charge in [-0.3, -0.25) is 4.79 Å². The molecular formula is C13H14N4O. The van der Waals surface area contributed by atoms with Gasteiger partial charge in [-0.15, -0.1) is 0 Å². The molecule has 2 N–H and O–H groups in total. The van der Waals surface area contributed by atoms with E-state index in [2.05, 4.69) is 9.97 Å². The molecule has 0 spiro atoms. The second-order valence-corrected chi connectivity index (χ2v) is 4.06. The van der Waals surface area contributed by atoms with Crippen LogP contribution in [0, 0.1) is 0 Å². The van der Waals surface area contributed by atoms with E-state index in [4.69, 9.17) is 5.73 Å². The number of nitrogens with two attached hydrogens (primary N) is 1. The van der Waals surface area contributed by atoms with Crippen LogP contribution >= 0.6 is 0 Å². The van der Waals surface area contributed by atoms with Crippen LogP contribution < -0.4 is 10.6 Å².